The van der Waals surface area contributed by atoms with E-state index in [0.29, 0.717) is 4.38 Å². The number of nitrogens with zero attached hydrogens (tertiary/aromatic N) is 1. The Kier molecular flexibility index (Phi) is 8.67. The summed E-state index contributed by atoms with van der Waals surface area (Å²) in [5.41, 5.74) is -0.984. The summed E-state index contributed by atoms with van der Waals surface area (Å²) in [6, 6.07) is 0. The normalized spacial score (nSPS) is 28.3. The van der Waals surface area contributed by atoms with Crippen LogP contribution in [0.1, 0.15) is 27.7 Å². The average Bonchev–Trinajstić information content (AvgIpc) is 3.02. The number of amides is 1. The van der Waals surface area contributed by atoms with Crippen molar-refractivity contribution >= 4 is 57.7 Å². The number of ether oxygens (including phenoxy) is 5. The van der Waals surface area contributed by atoms with Crippen LogP contribution in [0, 0.1) is 0 Å². The van der Waals surface area contributed by atoms with Crippen LogP contribution in [-0.2, 0) is 47.7 Å². The van der Waals surface area contributed by atoms with Gasteiger partial charge in [0.05, 0.1) is 5.75 Å². The van der Waals surface area contributed by atoms with Gasteiger partial charge < -0.3 is 23.7 Å². The van der Waals surface area contributed by atoms with Crippen molar-refractivity contribution < 1.29 is 47.7 Å². The Bertz CT molecular complexity index is 755. The summed E-state index contributed by atoms with van der Waals surface area (Å²) in [7, 11) is 0. The summed E-state index contributed by atoms with van der Waals surface area (Å²) in [6.07, 6.45) is -4.68. The molecule has 5 unspecified atom stereocenters. The maximum absolute atomic E-state index is 11.7. The van der Waals surface area contributed by atoms with Gasteiger partial charge in [-0.15, -0.1) is 0 Å². The van der Waals surface area contributed by atoms with E-state index in [1.165, 1.54) is 18.7 Å². The third-order valence-electron chi connectivity index (χ3n) is 3.70. The molecule has 5 atom stereocenters. The SMILES string of the molecule is CC(=O)OCC1OC(SC2=NC(=O)CS2)C(OC(C)=O)C(OC(C)=O)C1OC(C)=O. The molecule has 166 valence electrons. The van der Waals surface area contributed by atoms with Gasteiger partial charge in [-0.3, -0.25) is 24.0 Å². The Morgan fingerprint density at radius 1 is 0.967 bits per heavy atom. The Balaban J connectivity index is 2.39. The number of esters is 4. The zero-order chi connectivity index (χ0) is 22.4. The lowest BCUT2D eigenvalue weighted by Gasteiger charge is -2.44. The van der Waals surface area contributed by atoms with Crippen molar-refractivity contribution in [1.29, 1.82) is 0 Å². The summed E-state index contributed by atoms with van der Waals surface area (Å²) in [4.78, 5) is 61.7. The molecule has 0 spiro atoms. The fourth-order valence-electron chi connectivity index (χ4n) is 2.73. The molecule has 0 N–H and O–H groups in total. The minimum atomic E-state index is -1.25. The monoisotopic (exact) mass is 463 g/mol. The smallest absolute Gasteiger partial charge is 0.303 e. The van der Waals surface area contributed by atoms with Gasteiger partial charge in [0.1, 0.15) is 17.1 Å². The fraction of sp³-hybridized carbons (Fsp3) is 0.647. The first-order chi connectivity index (χ1) is 14.1. The van der Waals surface area contributed by atoms with Crippen LogP contribution in [0.4, 0.5) is 0 Å². The molecule has 1 amide bonds. The second-order valence-electron chi connectivity index (χ2n) is 6.25. The molecule has 2 rings (SSSR count). The highest BCUT2D eigenvalue weighted by Gasteiger charge is 2.52. The average molecular weight is 463 g/mol. The molecule has 0 aromatic heterocycles. The summed E-state index contributed by atoms with van der Waals surface area (Å²) >= 11 is 2.17. The zero-order valence-electron chi connectivity index (χ0n) is 16.6. The third kappa shape index (κ3) is 6.99. The molecule has 1 fully saturated rings. The Labute approximate surface area is 180 Å². The van der Waals surface area contributed by atoms with Crippen molar-refractivity contribution in [2.75, 3.05) is 12.4 Å². The highest BCUT2D eigenvalue weighted by Crippen LogP contribution is 2.37. The van der Waals surface area contributed by atoms with Crippen molar-refractivity contribution in [3.05, 3.63) is 0 Å². The van der Waals surface area contributed by atoms with Gasteiger partial charge in [0, 0.05) is 27.7 Å². The number of aliphatic imine (C=N–C) groups is 1. The minimum Gasteiger partial charge on any atom is -0.463 e. The lowest BCUT2D eigenvalue weighted by atomic mass is 9.99. The molecular formula is C17H21NO10S2. The van der Waals surface area contributed by atoms with Gasteiger partial charge >= 0.3 is 23.9 Å². The predicted molar refractivity (Wildman–Crippen MR) is 104 cm³/mol. The maximum Gasteiger partial charge on any atom is 0.303 e. The van der Waals surface area contributed by atoms with Crippen LogP contribution < -0.4 is 0 Å². The van der Waals surface area contributed by atoms with Crippen LogP contribution in [0.15, 0.2) is 4.99 Å². The number of carbonyl (C=O) groups excluding carboxylic acids is 5. The largest absolute Gasteiger partial charge is 0.463 e. The standard InChI is InChI=1S/C17H21NO10S2/c1-7(19)24-5-11-13(25-8(2)20)14(26-9(3)21)15(27-10(4)22)16(28-11)30-17-18-12(23)6-29-17/h11,13-16H,5-6H2,1-4H3. The van der Waals surface area contributed by atoms with E-state index in [1.807, 2.05) is 0 Å². The summed E-state index contributed by atoms with van der Waals surface area (Å²) in [5.74, 6) is -2.88. The number of rotatable bonds is 6. The number of hydrogen-bond donors (Lipinski definition) is 0. The van der Waals surface area contributed by atoms with Crippen LogP contribution in [0.2, 0.25) is 0 Å². The molecule has 0 bridgehead atoms. The Hall–Kier alpha value is -2.12. The van der Waals surface area contributed by atoms with Gasteiger partial charge in [0.25, 0.3) is 5.91 Å². The van der Waals surface area contributed by atoms with E-state index in [1.54, 1.807) is 0 Å². The first-order valence-electron chi connectivity index (χ1n) is 8.78. The molecule has 0 aliphatic carbocycles. The van der Waals surface area contributed by atoms with Gasteiger partial charge in [0.2, 0.25) is 0 Å². The van der Waals surface area contributed by atoms with Crippen LogP contribution in [0.3, 0.4) is 0 Å². The molecule has 2 aliphatic rings. The topological polar surface area (TPSA) is 144 Å². The highest BCUT2D eigenvalue weighted by molar-refractivity contribution is 8.39. The molecule has 0 aromatic rings. The Morgan fingerprint density at radius 2 is 1.53 bits per heavy atom. The van der Waals surface area contributed by atoms with E-state index < -0.39 is 53.7 Å². The van der Waals surface area contributed by atoms with E-state index in [9.17, 15) is 24.0 Å². The van der Waals surface area contributed by atoms with Gasteiger partial charge in [-0.2, -0.15) is 4.99 Å². The molecule has 1 saturated heterocycles. The van der Waals surface area contributed by atoms with Gasteiger partial charge in [-0.25, -0.2) is 0 Å². The molecule has 0 saturated carbocycles. The van der Waals surface area contributed by atoms with Crippen molar-refractivity contribution in [3.8, 4) is 0 Å². The molecule has 13 heteroatoms. The lowest BCUT2D eigenvalue weighted by Crippen LogP contribution is -2.61. The van der Waals surface area contributed by atoms with Gasteiger partial charge in [0.15, 0.2) is 23.7 Å². The lowest BCUT2D eigenvalue weighted by molar-refractivity contribution is -0.237. The van der Waals surface area contributed by atoms with Gasteiger partial charge in [-0.1, -0.05) is 23.5 Å². The van der Waals surface area contributed by atoms with Crippen molar-refractivity contribution in [1.82, 2.24) is 0 Å². The first-order valence-corrected chi connectivity index (χ1v) is 10.6. The van der Waals surface area contributed by atoms with Crippen molar-refractivity contribution in [3.63, 3.8) is 0 Å². The van der Waals surface area contributed by atoms with E-state index in [4.69, 9.17) is 23.7 Å². The van der Waals surface area contributed by atoms with E-state index in [2.05, 4.69) is 4.99 Å². The van der Waals surface area contributed by atoms with Crippen LogP contribution >= 0.6 is 23.5 Å². The predicted octanol–water partition coefficient (Wildman–Crippen LogP) is 0.432. The van der Waals surface area contributed by atoms with Crippen LogP contribution in [0.5, 0.6) is 0 Å². The van der Waals surface area contributed by atoms with Crippen molar-refractivity contribution in [2.45, 2.75) is 57.5 Å². The molecule has 0 aromatic carbocycles. The second-order valence-corrected chi connectivity index (χ2v) is 8.56. The Morgan fingerprint density at radius 3 is 2.03 bits per heavy atom. The van der Waals surface area contributed by atoms with Crippen LogP contribution in [0.25, 0.3) is 0 Å². The van der Waals surface area contributed by atoms with E-state index in [0.717, 1.165) is 32.5 Å². The highest BCUT2D eigenvalue weighted by atomic mass is 32.2. The molecule has 2 heterocycles. The van der Waals surface area contributed by atoms with E-state index in [-0.39, 0.29) is 18.3 Å². The summed E-state index contributed by atoms with van der Waals surface area (Å²) in [5, 5.41) is 0. The zero-order valence-corrected chi connectivity index (χ0v) is 18.3. The second kappa shape index (κ2) is 10.8. The maximum atomic E-state index is 11.7. The summed E-state index contributed by atoms with van der Waals surface area (Å²) in [6.45, 7) is 4.32. The van der Waals surface area contributed by atoms with Crippen LogP contribution in [-0.4, -0.2) is 76.4 Å². The third-order valence-corrected chi connectivity index (χ3v) is 5.98. The number of carbonyl (C=O) groups is 5. The van der Waals surface area contributed by atoms with Crippen molar-refractivity contribution in [2.24, 2.45) is 4.99 Å². The molecule has 30 heavy (non-hydrogen) atoms. The molecule has 0 radical (unpaired) electrons. The molecule has 11 nitrogen and oxygen atoms in total. The molecular weight excluding hydrogens is 442 g/mol. The van der Waals surface area contributed by atoms with Gasteiger partial charge in [-0.05, 0) is 0 Å². The first kappa shape index (κ1) is 24.2. The quantitative estimate of drug-likeness (QED) is 0.398. The number of hydrogen-bond acceptors (Lipinski definition) is 12. The number of thioether (sulfide) groups is 2. The van der Waals surface area contributed by atoms with E-state index >= 15 is 0 Å². The molecule has 2 aliphatic heterocycles. The summed E-state index contributed by atoms with van der Waals surface area (Å²) < 4.78 is 27.2. The fourth-order valence-corrected chi connectivity index (χ4v) is 4.84. The minimum absolute atomic E-state index is 0.160.